The molecule has 3 heterocycles. The molecule has 48 heavy (non-hydrogen) atoms. The quantitative estimate of drug-likeness (QED) is 0.166. The van der Waals surface area contributed by atoms with Gasteiger partial charge in [-0.3, -0.25) is 4.57 Å². The molecule has 0 aliphatic rings. The summed E-state index contributed by atoms with van der Waals surface area (Å²) >= 11 is 0. The molecule has 0 aliphatic carbocycles. The van der Waals surface area contributed by atoms with Gasteiger partial charge in [-0.25, -0.2) is 9.67 Å². The topological polar surface area (TPSA) is 60.6 Å². The lowest BCUT2D eigenvalue weighted by Crippen LogP contribution is -2.18. The number of aromatic nitrogens is 4. The van der Waals surface area contributed by atoms with Crippen molar-refractivity contribution in [2.75, 3.05) is 45.1 Å². The van der Waals surface area contributed by atoms with Crippen LogP contribution >= 0.6 is 0 Å². The Morgan fingerprint density at radius 1 is 0.667 bits per heavy atom. The van der Waals surface area contributed by atoms with Crippen LogP contribution in [0.4, 0.5) is 11.4 Å². The average molecular weight is 637 g/mol. The van der Waals surface area contributed by atoms with Crippen molar-refractivity contribution in [3.05, 3.63) is 114 Å². The number of fused-ring (bicyclic) bond motifs is 3. The lowest BCUT2D eigenvalue weighted by atomic mass is 9.91. The van der Waals surface area contributed by atoms with Crippen LogP contribution in [0.15, 0.2) is 97.5 Å². The van der Waals surface area contributed by atoms with Crippen molar-refractivity contribution in [2.45, 2.75) is 20.8 Å². The molecular formula is C40H40N6O2. The number of hydrogen-bond donors (Lipinski definition) is 0. The molecule has 4 aromatic carbocycles. The van der Waals surface area contributed by atoms with Crippen LogP contribution in [0.5, 0.6) is 17.2 Å². The third kappa shape index (κ3) is 5.19. The van der Waals surface area contributed by atoms with Gasteiger partial charge in [0.2, 0.25) is 0 Å². The molecule has 242 valence electrons. The number of benzene rings is 4. The standard InChI is InChI=1S/C40H40N6O2/c1-25-26(2)39(43(4)5)38(40(27(25)3)44(6)7)28-23-42-45(24-28)29-12-11-13-31(20-29)48-32-16-17-34-33-14-9-10-15-35(33)46(36(34)21-32)37-22-30(47-8)18-19-41-37/h9-24H,1-8H3. The molecule has 0 bridgehead atoms. The lowest BCUT2D eigenvalue weighted by molar-refractivity contribution is 0.414. The smallest absolute Gasteiger partial charge is 0.141 e. The molecule has 8 nitrogen and oxygen atoms in total. The first-order valence-corrected chi connectivity index (χ1v) is 16.0. The summed E-state index contributed by atoms with van der Waals surface area (Å²) in [5, 5.41) is 7.09. The van der Waals surface area contributed by atoms with Crippen molar-refractivity contribution in [3.63, 3.8) is 0 Å². The minimum atomic E-state index is 0.719. The summed E-state index contributed by atoms with van der Waals surface area (Å²) < 4.78 is 16.1. The van der Waals surface area contributed by atoms with E-state index >= 15 is 0 Å². The molecule has 0 saturated heterocycles. The van der Waals surface area contributed by atoms with Crippen molar-refractivity contribution in [1.29, 1.82) is 0 Å². The van der Waals surface area contributed by atoms with Crippen LogP contribution in [-0.4, -0.2) is 54.6 Å². The average Bonchev–Trinajstić information content (AvgIpc) is 3.70. The Morgan fingerprint density at radius 3 is 2.10 bits per heavy atom. The SMILES string of the molecule is COc1ccnc(-n2c3ccccc3c3ccc(Oc4cccc(-n5cc(-c6c(N(C)C)c(C)c(C)c(C)c6N(C)C)cn5)c4)cc32)c1. The second kappa shape index (κ2) is 12.1. The number of nitrogens with zero attached hydrogens (tertiary/aromatic N) is 6. The Hall–Kier alpha value is -5.76. The molecule has 0 radical (unpaired) electrons. The Kier molecular flexibility index (Phi) is 7.79. The third-order valence-electron chi connectivity index (χ3n) is 9.22. The molecule has 0 fully saturated rings. The fraction of sp³-hybridized carbons (Fsp3) is 0.200. The van der Waals surface area contributed by atoms with Crippen molar-refractivity contribution in [2.24, 2.45) is 0 Å². The molecule has 0 aliphatic heterocycles. The van der Waals surface area contributed by atoms with E-state index < -0.39 is 0 Å². The third-order valence-corrected chi connectivity index (χ3v) is 9.22. The number of hydrogen-bond acceptors (Lipinski definition) is 6. The van der Waals surface area contributed by atoms with E-state index in [9.17, 15) is 0 Å². The predicted octanol–water partition coefficient (Wildman–Crippen LogP) is 8.89. The van der Waals surface area contributed by atoms with Gasteiger partial charge in [-0.15, -0.1) is 0 Å². The van der Waals surface area contributed by atoms with Gasteiger partial charge in [0.25, 0.3) is 0 Å². The van der Waals surface area contributed by atoms with Gasteiger partial charge >= 0.3 is 0 Å². The zero-order valence-electron chi connectivity index (χ0n) is 28.7. The second-order valence-electron chi connectivity index (χ2n) is 12.6. The molecule has 0 atom stereocenters. The van der Waals surface area contributed by atoms with E-state index in [0.29, 0.717) is 0 Å². The van der Waals surface area contributed by atoms with Gasteiger partial charge in [0.05, 0.1) is 30.0 Å². The fourth-order valence-corrected chi connectivity index (χ4v) is 6.84. The Bertz CT molecular complexity index is 2280. The van der Waals surface area contributed by atoms with Crippen LogP contribution in [0.1, 0.15) is 16.7 Å². The molecule has 0 spiro atoms. The number of methoxy groups -OCH3 is 1. The highest BCUT2D eigenvalue weighted by Crippen LogP contribution is 2.44. The monoisotopic (exact) mass is 636 g/mol. The molecule has 0 N–H and O–H groups in total. The largest absolute Gasteiger partial charge is 0.497 e. The van der Waals surface area contributed by atoms with Crippen LogP contribution in [-0.2, 0) is 0 Å². The maximum atomic E-state index is 6.50. The molecule has 7 rings (SSSR count). The van der Waals surface area contributed by atoms with Crippen LogP contribution in [0.2, 0.25) is 0 Å². The van der Waals surface area contributed by atoms with Gasteiger partial charge in [-0.2, -0.15) is 5.10 Å². The highest BCUT2D eigenvalue weighted by atomic mass is 16.5. The van der Waals surface area contributed by atoms with Crippen LogP contribution in [0, 0.1) is 20.8 Å². The normalized spacial score (nSPS) is 11.3. The predicted molar refractivity (Wildman–Crippen MR) is 197 cm³/mol. The number of rotatable bonds is 8. The summed E-state index contributed by atoms with van der Waals surface area (Å²) in [5.41, 5.74) is 11.5. The van der Waals surface area contributed by atoms with Crippen molar-refractivity contribution in [1.82, 2.24) is 19.3 Å². The van der Waals surface area contributed by atoms with E-state index in [0.717, 1.165) is 56.1 Å². The fourth-order valence-electron chi connectivity index (χ4n) is 6.84. The summed E-state index contributed by atoms with van der Waals surface area (Å²) in [4.78, 5) is 9.09. The highest BCUT2D eigenvalue weighted by Gasteiger charge is 2.23. The number of ether oxygens (including phenoxy) is 2. The lowest BCUT2D eigenvalue weighted by Gasteiger charge is -2.29. The zero-order valence-corrected chi connectivity index (χ0v) is 28.7. The van der Waals surface area contributed by atoms with Gasteiger partial charge in [-0.05, 0) is 73.9 Å². The maximum absolute atomic E-state index is 6.50. The molecule has 0 unspecified atom stereocenters. The summed E-state index contributed by atoms with van der Waals surface area (Å²) in [6.07, 6.45) is 5.83. The summed E-state index contributed by atoms with van der Waals surface area (Å²) in [5.74, 6) is 2.98. The van der Waals surface area contributed by atoms with Crippen molar-refractivity contribution >= 4 is 33.2 Å². The molecule has 8 heteroatoms. The minimum absolute atomic E-state index is 0.719. The molecule has 0 saturated carbocycles. The van der Waals surface area contributed by atoms with E-state index in [4.69, 9.17) is 14.6 Å². The minimum Gasteiger partial charge on any atom is -0.497 e. The van der Waals surface area contributed by atoms with Gasteiger partial charge in [0.1, 0.15) is 23.1 Å². The van der Waals surface area contributed by atoms with Gasteiger partial charge in [0.15, 0.2) is 0 Å². The zero-order chi connectivity index (χ0) is 33.7. The van der Waals surface area contributed by atoms with Gasteiger partial charge in [-0.1, -0.05) is 24.3 Å². The summed E-state index contributed by atoms with van der Waals surface area (Å²) in [6.45, 7) is 6.61. The number of para-hydroxylation sites is 1. The van der Waals surface area contributed by atoms with E-state index in [-0.39, 0.29) is 0 Å². The van der Waals surface area contributed by atoms with Gasteiger partial charge in [0, 0.05) is 92.1 Å². The first kappa shape index (κ1) is 30.9. The second-order valence-corrected chi connectivity index (χ2v) is 12.6. The van der Waals surface area contributed by atoms with E-state index in [2.05, 4.69) is 105 Å². The van der Waals surface area contributed by atoms with E-state index in [1.54, 1.807) is 13.3 Å². The number of anilines is 2. The molecule has 0 amide bonds. The van der Waals surface area contributed by atoms with Crippen molar-refractivity contribution < 1.29 is 9.47 Å². The Balaban J connectivity index is 1.27. The number of pyridine rings is 1. The van der Waals surface area contributed by atoms with Crippen LogP contribution in [0.25, 0.3) is 44.4 Å². The van der Waals surface area contributed by atoms with Crippen LogP contribution in [0.3, 0.4) is 0 Å². The summed E-state index contributed by atoms with van der Waals surface area (Å²) in [7, 11) is 10.1. The summed E-state index contributed by atoms with van der Waals surface area (Å²) in [6, 6.07) is 26.4. The van der Waals surface area contributed by atoms with E-state index in [1.807, 2.05) is 59.4 Å². The molecule has 7 aromatic rings. The molecular weight excluding hydrogens is 596 g/mol. The molecule has 3 aromatic heterocycles. The highest BCUT2D eigenvalue weighted by molar-refractivity contribution is 6.09. The Labute approximate surface area is 281 Å². The first-order chi connectivity index (χ1) is 23.2. The van der Waals surface area contributed by atoms with E-state index in [1.165, 1.54) is 33.6 Å². The maximum Gasteiger partial charge on any atom is 0.141 e. The van der Waals surface area contributed by atoms with Crippen LogP contribution < -0.4 is 19.3 Å². The first-order valence-electron chi connectivity index (χ1n) is 16.0. The van der Waals surface area contributed by atoms with Gasteiger partial charge < -0.3 is 19.3 Å². The van der Waals surface area contributed by atoms with Crippen molar-refractivity contribution in [3.8, 4) is 39.9 Å². The Morgan fingerprint density at radius 2 is 1.38 bits per heavy atom.